The molecule has 1 amide bonds. The second-order valence-electron chi connectivity index (χ2n) is 11.9. The topological polar surface area (TPSA) is 124 Å². The third-order valence-electron chi connectivity index (χ3n) is 7.45. The van der Waals surface area contributed by atoms with Gasteiger partial charge in [-0.25, -0.2) is 22.8 Å². The van der Waals surface area contributed by atoms with Gasteiger partial charge in [-0.2, -0.15) is 18.3 Å². The number of carbonyl (C=O) groups excluding carboxylic acids is 1. The molecule has 15 heteroatoms. The van der Waals surface area contributed by atoms with Crippen LogP contribution in [0.25, 0.3) is 5.82 Å². The van der Waals surface area contributed by atoms with Gasteiger partial charge in [-0.1, -0.05) is 6.92 Å². The van der Waals surface area contributed by atoms with Gasteiger partial charge in [0.05, 0.1) is 16.7 Å². The van der Waals surface area contributed by atoms with Crippen LogP contribution in [0.3, 0.4) is 0 Å². The molecule has 11 nitrogen and oxygen atoms in total. The third kappa shape index (κ3) is 4.59. The average molecular weight is 582 g/mol. The number of nitrogens with one attached hydrogen (secondary N) is 1. The van der Waals surface area contributed by atoms with Crippen LogP contribution >= 0.6 is 0 Å². The van der Waals surface area contributed by atoms with Crippen LogP contribution in [-0.2, 0) is 22.5 Å². The van der Waals surface area contributed by atoms with E-state index in [0.717, 1.165) is 13.8 Å². The van der Waals surface area contributed by atoms with E-state index in [2.05, 4.69) is 14.9 Å². The summed E-state index contributed by atoms with van der Waals surface area (Å²) in [6.45, 7) is 7.66. The lowest BCUT2D eigenvalue weighted by atomic mass is 9.81. The van der Waals surface area contributed by atoms with Gasteiger partial charge in [0.25, 0.3) is 15.9 Å². The van der Waals surface area contributed by atoms with Crippen LogP contribution in [-0.4, -0.2) is 63.7 Å². The molecule has 0 aromatic carbocycles. The summed E-state index contributed by atoms with van der Waals surface area (Å²) in [6.07, 6.45) is -1.06. The number of carbonyl (C=O) groups is 1. The molecule has 216 valence electrons. The molecule has 1 atom stereocenters. The highest BCUT2D eigenvalue weighted by Gasteiger charge is 2.52. The lowest BCUT2D eigenvalue weighted by Gasteiger charge is -2.34. The van der Waals surface area contributed by atoms with Crippen molar-refractivity contribution in [3.8, 4) is 11.7 Å². The Morgan fingerprint density at radius 2 is 1.82 bits per heavy atom. The van der Waals surface area contributed by atoms with Crippen LogP contribution in [0.2, 0.25) is 0 Å². The number of amides is 1. The maximum absolute atomic E-state index is 13.3. The minimum absolute atomic E-state index is 0.0280. The van der Waals surface area contributed by atoms with Gasteiger partial charge < -0.3 is 9.64 Å². The van der Waals surface area contributed by atoms with E-state index in [1.807, 2.05) is 25.7 Å². The highest BCUT2D eigenvalue weighted by atomic mass is 32.2. The van der Waals surface area contributed by atoms with E-state index < -0.39 is 45.1 Å². The zero-order chi connectivity index (χ0) is 29.5. The van der Waals surface area contributed by atoms with Crippen LogP contribution in [0.4, 0.5) is 19.0 Å². The SMILES string of the molecule is Cn1cc2c(n1)[C@@]1(C)CN(c3nc(-n4ccc(OCC(C)(C)C(F)(F)F)n4)ccc3C(=O)NS2(=O)=O)C(C)(C)C1. The van der Waals surface area contributed by atoms with E-state index in [4.69, 9.17) is 9.72 Å². The Balaban J connectivity index is 1.56. The second kappa shape index (κ2) is 8.69. The van der Waals surface area contributed by atoms with Crippen molar-refractivity contribution in [2.75, 3.05) is 18.1 Å². The molecule has 40 heavy (non-hydrogen) atoms. The number of sulfonamides is 1. The van der Waals surface area contributed by atoms with E-state index in [-0.39, 0.29) is 28.0 Å². The zero-order valence-corrected chi connectivity index (χ0v) is 23.7. The van der Waals surface area contributed by atoms with Crippen molar-refractivity contribution in [2.45, 2.75) is 63.1 Å². The molecule has 1 saturated heterocycles. The number of aromatic nitrogens is 5. The Morgan fingerprint density at radius 3 is 2.50 bits per heavy atom. The van der Waals surface area contributed by atoms with Crippen molar-refractivity contribution in [1.82, 2.24) is 29.3 Å². The van der Waals surface area contributed by atoms with Gasteiger partial charge in [0.15, 0.2) is 5.82 Å². The molecular formula is C25H30F3N7O4S. The van der Waals surface area contributed by atoms with E-state index in [0.29, 0.717) is 18.7 Å². The molecule has 0 radical (unpaired) electrons. The maximum atomic E-state index is 13.3. The minimum atomic E-state index is -4.45. The van der Waals surface area contributed by atoms with Crippen LogP contribution in [0.15, 0.2) is 35.5 Å². The summed E-state index contributed by atoms with van der Waals surface area (Å²) in [5, 5.41) is 8.69. The van der Waals surface area contributed by atoms with Crippen molar-refractivity contribution >= 4 is 21.7 Å². The Labute approximate surface area is 229 Å². The van der Waals surface area contributed by atoms with Crippen LogP contribution in [0.1, 0.15) is 57.1 Å². The number of nitrogens with zero attached hydrogens (tertiary/aromatic N) is 6. The molecule has 3 aromatic rings. The smallest absolute Gasteiger partial charge is 0.397 e. The van der Waals surface area contributed by atoms with E-state index >= 15 is 0 Å². The summed E-state index contributed by atoms with van der Waals surface area (Å²) < 4.78 is 76.4. The molecule has 5 heterocycles. The first-order valence-corrected chi connectivity index (χ1v) is 14.0. The lowest BCUT2D eigenvalue weighted by molar-refractivity contribution is -0.219. The normalized spacial score (nSPS) is 21.9. The third-order valence-corrected chi connectivity index (χ3v) is 8.78. The molecular weight excluding hydrogens is 551 g/mol. The quantitative estimate of drug-likeness (QED) is 0.498. The Kier molecular flexibility index (Phi) is 6.07. The number of rotatable bonds is 4. The van der Waals surface area contributed by atoms with E-state index in [9.17, 15) is 26.4 Å². The molecule has 2 bridgehead atoms. The molecule has 3 aromatic heterocycles. The summed E-state index contributed by atoms with van der Waals surface area (Å²) >= 11 is 0. The van der Waals surface area contributed by atoms with Crippen molar-refractivity contribution in [1.29, 1.82) is 0 Å². The summed E-state index contributed by atoms with van der Waals surface area (Å²) in [6, 6.07) is 4.35. The number of pyridine rings is 1. The minimum Gasteiger partial charge on any atom is -0.476 e. The number of anilines is 1. The van der Waals surface area contributed by atoms with Gasteiger partial charge in [-0.05, 0) is 46.2 Å². The van der Waals surface area contributed by atoms with Crippen molar-refractivity contribution in [3.05, 3.63) is 41.9 Å². The highest BCUT2D eigenvalue weighted by molar-refractivity contribution is 7.90. The molecule has 1 fully saturated rings. The molecule has 5 rings (SSSR count). The second-order valence-corrected chi connectivity index (χ2v) is 13.5. The number of halogens is 3. The monoisotopic (exact) mass is 581 g/mol. The van der Waals surface area contributed by atoms with Crippen molar-refractivity contribution in [3.63, 3.8) is 0 Å². The summed E-state index contributed by atoms with van der Waals surface area (Å²) in [7, 11) is -2.62. The Bertz CT molecular complexity index is 1610. The first-order chi connectivity index (χ1) is 18.3. The van der Waals surface area contributed by atoms with Gasteiger partial charge in [0.2, 0.25) is 5.88 Å². The number of aryl methyl sites for hydroxylation is 1. The van der Waals surface area contributed by atoms with Gasteiger partial charge in [-0.3, -0.25) is 9.48 Å². The standard InChI is InChI=1S/C25H30F3N7O4S/c1-22(2,25(26,27)28)14-39-18-9-10-35(30-18)17-8-7-15-20(29-17)34-13-24(5,12-23(34,3)4)19-16(11-33(6)31-19)40(37,38)32-21(15)36/h7-11H,12-14H2,1-6H3,(H,32,36)/t24-/m1/s1. The summed E-state index contributed by atoms with van der Waals surface area (Å²) in [4.78, 5) is 19.9. The maximum Gasteiger partial charge on any atom is 0.397 e. The van der Waals surface area contributed by atoms with Crippen molar-refractivity contribution in [2.24, 2.45) is 12.5 Å². The molecule has 1 N–H and O–H groups in total. The molecule has 0 spiro atoms. The predicted molar refractivity (Wildman–Crippen MR) is 138 cm³/mol. The number of fused-ring (bicyclic) bond motifs is 6. The fraction of sp³-hybridized carbons (Fsp3) is 0.520. The van der Waals surface area contributed by atoms with Crippen molar-refractivity contribution < 1.29 is 31.1 Å². The van der Waals surface area contributed by atoms with Crippen LogP contribution < -0.4 is 14.4 Å². The molecule has 2 aliphatic heterocycles. The first-order valence-electron chi connectivity index (χ1n) is 12.5. The number of hydrogen-bond acceptors (Lipinski definition) is 8. The van der Waals surface area contributed by atoms with Gasteiger partial charge >= 0.3 is 6.18 Å². The summed E-state index contributed by atoms with van der Waals surface area (Å²) in [5.74, 6) is -0.373. The van der Waals surface area contributed by atoms with E-state index in [1.165, 1.54) is 40.0 Å². The largest absolute Gasteiger partial charge is 0.476 e. The number of ether oxygens (including phenoxy) is 1. The average Bonchev–Trinajstić information content (AvgIpc) is 3.52. The number of alkyl halides is 3. The fourth-order valence-corrected chi connectivity index (χ4v) is 6.60. The molecule has 2 aliphatic rings. The Morgan fingerprint density at radius 1 is 1.12 bits per heavy atom. The molecule has 0 aliphatic carbocycles. The summed E-state index contributed by atoms with van der Waals surface area (Å²) in [5.41, 5.74) is -2.92. The van der Waals surface area contributed by atoms with Gasteiger partial charge in [0.1, 0.15) is 17.3 Å². The molecule has 0 unspecified atom stereocenters. The van der Waals surface area contributed by atoms with Crippen LogP contribution in [0.5, 0.6) is 5.88 Å². The predicted octanol–water partition coefficient (Wildman–Crippen LogP) is 3.35. The van der Waals surface area contributed by atoms with Crippen LogP contribution in [0, 0.1) is 5.41 Å². The first kappa shape index (κ1) is 27.9. The fourth-order valence-electron chi connectivity index (χ4n) is 5.30. The lowest BCUT2D eigenvalue weighted by Crippen LogP contribution is -2.42. The number of hydrogen-bond donors (Lipinski definition) is 1. The zero-order valence-electron chi connectivity index (χ0n) is 22.9. The van der Waals surface area contributed by atoms with Gasteiger partial charge in [-0.15, -0.1) is 5.10 Å². The van der Waals surface area contributed by atoms with Gasteiger partial charge in [0, 0.05) is 43.0 Å². The Hall–Kier alpha value is -3.62. The highest BCUT2D eigenvalue weighted by Crippen LogP contribution is 2.47. The molecule has 0 saturated carbocycles. The van der Waals surface area contributed by atoms with E-state index in [1.54, 1.807) is 7.05 Å².